The van der Waals surface area contributed by atoms with E-state index in [1.54, 1.807) is 0 Å². The van der Waals surface area contributed by atoms with Crippen LogP contribution in [-0.2, 0) is 0 Å². The SMILES string of the molecule is O=C(O)c1cnc(-c2cc(F)cc(Br)c2)nc1C(F)F. The lowest BCUT2D eigenvalue weighted by molar-refractivity contribution is 0.0681. The largest absolute Gasteiger partial charge is 0.478 e. The Morgan fingerprint density at radius 1 is 1.30 bits per heavy atom. The minimum absolute atomic E-state index is 0.163. The topological polar surface area (TPSA) is 63.1 Å². The average Bonchev–Trinajstić information content (AvgIpc) is 2.36. The molecule has 20 heavy (non-hydrogen) atoms. The van der Waals surface area contributed by atoms with Gasteiger partial charge in [0.25, 0.3) is 6.43 Å². The lowest BCUT2D eigenvalue weighted by Crippen LogP contribution is -2.08. The van der Waals surface area contributed by atoms with Gasteiger partial charge >= 0.3 is 5.97 Å². The van der Waals surface area contributed by atoms with E-state index in [4.69, 9.17) is 5.11 Å². The summed E-state index contributed by atoms with van der Waals surface area (Å²) in [7, 11) is 0. The zero-order valence-electron chi connectivity index (χ0n) is 9.65. The van der Waals surface area contributed by atoms with Crippen LogP contribution in [0.15, 0.2) is 28.9 Å². The third-order valence-corrected chi connectivity index (χ3v) is 2.83. The second-order valence-electron chi connectivity index (χ2n) is 3.76. The van der Waals surface area contributed by atoms with Crippen LogP contribution in [0.5, 0.6) is 0 Å². The molecule has 0 aliphatic carbocycles. The number of carbonyl (C=O) groups is 1. The Morgan fingerprint density at radius 3 is 2.55 bits per heavy atom. The van der Waals surface area contributed by atoms with E-state index >= 15 is 0 Å². The van der Waals surface area contributed by atoms with E-state index in [9.17, 15) is 18.0 Å². The fourth-order valence-electron chi connectivity index (χ4n) is 1.55. The zero-order valence-corrected chi connectivity index (χ0v) is 11.2. The summed E-state index contributed by atoms with van der Waals surface area (Å²) in [6.07, 6.45) is -2.29. The highest BCUT2D eigenvalue weighted by atomic mass is 79.9. The molecule has 0 bridgehead atoms. The molecule has 8 heteroatoms. The van der Waals surface area contributed by atoms with E-state index in [0.717, 1.165) is 12.3 Å². The molecule has 1 heterocycles. The first kappa shape index (κ1) is 14.4. The number of halogens is 4. The maximum absolute atomic E-state index is 13.3. The van der Waals surface area contributed by atoms with Crippen LogP contribution in [0.1, 0.15) is 22.5 Å². The lowest BCUT2D eigenvalue weighted by atomic mass is 10.2. The number of benzene rings is 1. The van der Waals surface area contributed by atoms with E-state index in [1.165, 1.54) is 12.1 Å². The number of aromatic carboxylic acids is 1. The summed E-state index contributed by atoms with van der Waals surface area (Å²) in [5.41, 5.74) is -1.42. The van der Waals surface area contributed by atoms with Gasteiger partial charge in [-0.25, -0.2) is 27.9 Å². The molecule has 104 valence electrons. The Morgan fingerprint density at radius 2 is 2.00 bits per heavy atom. The van der Waals surface area contributed by atoms with Crippen LogP contribution in [-0.4, -0.2) is 21.0 Å². The number of carboxylic acids is 1. The van der Waals surface area contributed by atoms with Gasteiger partial charge < -0.3 is 5.11 Å². The van der Waals surface area contributed by atoms with Crippen molar-refractivity contribution in [2.75, 3.05) is 0 Å². The van der Waals surface area contributed by atoms with Crippen molar-refractivity contribution in [1.29, 1.82) is 0 Å². The standard InChI is InChI=1S/C12H6BrF3N2O2/c13-6-1-5(2-7(14)3-6)11-17-4-8(12(19)20)9(18-11)10(15)16/h1-4,10H,(H,19,20). The van der Waals surface area contributed by atoms with Crippen LogP contribution in [0.2, 0.25) is 0 Å². The maximum atomic E-state index is 13.3. The molecule has 0 aliphatic rings. The van der Waals surface area contributed by atoms with E-state index in [1.807, 2.05) is 0 Å². The van der Waals surface area contributed by atoms with Gasteiger partial charge in [-0.15, -0.1) is 0 Å². The summed E-state index contributed by atoms with van der Waals surface area (Å²) < 4.78 is 39.2. The van der Waals surface area contributed by atoms with Gasteiger partial charge in [0.2, 0.25) is 0 Å². The molecule has 0 aliphatic heterocycles. The number of nitrogens with zero attached hydrogens (tertiary/aromatic N) is 2. The van der Waals surface area contributed by atoms with Crippen LogP contribution < -0.4 is 0 Å². The molecule has 0 unspecified atom stereocenters. The molecule has 0 atom stereocenters. The Labute approximate surface area is 119 Å². The highest BCUT2D eigenvalue weighted by Crippen LogP contribution is 2.26. The van der Waals surface area contributed by atoms with Crippen molar-refractivity contribution in [3.8, 4) is 11.4 Å². The molecular formula is C12H6BrF3N2O2. The van der Waals surface area contributed by atoms with Gasteiger partial charge in [0.1, 0.15) is 17.1 Å². The van der Waals surface area contributed by atoms with Gasteiger partial charge in [-0.2, -0.15) is 0 Å². The van der Waals surface area contributed by atoms with Crippen LogP contribution in [0, 0.1) is 5.82 Å². The first-order valence-electron chi connectivity index (χ1n) is 5.23. The van der Waals surface area contributed by atoms with Crippen molar-refractivity contribution in [3.63, 3.8) is 0 Å². The molecule has 4 nitrogen and oxygen atoms in total. The summed E-state index contributed by atoms with van der Waals surface area (Å²) in [6.45, 7) is 0. The van der Waals surface area contributed by atoms with Crippen molar-refractivity contribution >= 4 is 21.9 Å². The minimum Gasteiger partial charge on any atom is -0.478 e. The molecular weight excluding hydrogens is 341 g/mol. The second kappa shape index (κ2) is 5.58. The molecule has 0 amide bonds. The Balaban J connectivity index is 2.58. The zero-order chi connectivity index (χ0) is 14.9. The first-order valence-corrected chi connectivity index (χ1v) is 6.02. The molecule has 0 spiro atoms. The molecule has 1 aromatic heterocycles. The minimum atomic E-state index is -3.07. The molecule has 1 aromatic carbocycles. The third kappa shape index (κ3) is 2.96. The Kier molecular flexibility index (Phi) is 4.03. The summed E-state index contributed by atoms with van der Waals surface area (Å²) in [4.78, 5) is 18.0. The van der Waals surface area contributed by atoms with Crippen molar-refractivity contribution in [1.82, 2.24) is 9.97 Å². The van der Waals surface area contributed by atoms with E-state index in [-0.39, 0.29) is 11.4 Å². The van der Waals surface area contributed by atoms with Crippen LogP contribution in [0.4, 0.5) is 13.2 Å². The Hall–Kier alpha value is -1.96. The van der Waals surface area contributed by atoms with Crippen LogP contribution in [0.25, 0.3) is 11.4 Å². The maximum Gasteiger partial charge on any atom is 0.339 e. The summed E-state index contributed by atoms with van der Waals surface area (Å²) >= 11 is 3.06. The van der Waals surface area contributed by atoms with Gasteiger partial charge in [-0.1, -0.05) is 15.9 Å². The number of rotatable bonds is 3. The first-order chi connectivity index (χ1) is 9.38. The van der Waals surface area contributed by atoms with E-state index in [0.29, 0.717) is 4.47 Å². The summed E-state index contributed by atoms with van der Waals surface area (Å²) in [5, 5.41) is 8.78. The molecule has 1 N–H and O–H groups in total. The smallest absolute Gasteiger partial charge is 0.339 e. The van der Waals surface area contributed by atoms with Crippen LogP contribution in [0.3, 0.4) is 0 Å². The van der Waals surface area contributed by atoms with Gasteiger partial charge in [0, 0.05) is 16.2 Å². The molecule has 2 aromatic rings. The lowest BCUT2D eigenvalue weighted by Gasteiger charge is -2.07. The monoisotopic (exact) mass is 346 g/mol. The highest BCUT2D eigenvalue weighted by Gasteiger charge is 2.21. The number of hydrogen-bond donors (Lipinski definition) is 1. The quantitative estimate of drug-likeness (QED) is 0.920. The third-order valence-electron chi connectivity index (χ3n) is 2.38. The summed E-state index contributed by atoms with van der Waals surface area (Å²) in [5.74, 6) is -2.32. The van der Waals surface area contributed by atoms with Crippen molar-refractivity contribution < 1.29 is 23.1 Å². The number of aromatic nitrogens is 2. The molecule has 0 radical (unpaired) electrons. The van der Waals surface area contributed by atoms with Crippen LogP contribution >= 0.6 is 15.9 Å². The fourth-order valence-corrected chi connectivity index (χ4v) is 2.01. The Bertz CT molecular complexity index is 659. The van der Waals surface area contributed by atoms with Crippen molar-refractivity contribution in [2.45, 2.75) is 6.43 Å². The average molecular weight is 347 g/mol. The number of hydrogen-bond acceptors (Lipinski definition) is 3. The van der Waals surface area contributed by atoms with Gasteiger partial charge in [0.15, 0.2) is 5.82 Å². The molecule has 0 fully saturated rings. The van der Waals surface area contributed by atoms with Gasteiger partial charge in [-0.3, -0.25) is 0 Å². The highest BCUT2D eigenvalue weighted by molar-refractivity contribution is 9.10. The molecule has 0 saturated heterocycles. The van der Waals surface area contributed by atoms with E-state index in [2.05, 4.69) is 25.9 Å². The summed E-state index contributed by atoms with van der Waals surface area (Å²) in [6, 6.07) is 3.69. The predicted octanol–water partition coefficient (Wildman–Crippen LogP) is 3.68. The van der Waals surface area contributed by atoms with E-state index < -0.39 is 29.5 Å². The predicted molar refractivity (Wildman–Crippen MR) is 67.0 cm³/mol. The van der Waals surface area contributed by atoms with Gasteiger partial charge in [-0.05, 0) is 18.2 Å². The molecule has 0 saturated carbocycles. The molecule has 2 rings (SSSR count). The van der Waals surface area contributed by atoms with Gasteiger partial charge in [0.05, 0.1) is 0 Å². The van der Waals surface area contributed by atoms with Crippen molar-refractivity contribution in [2.24, 2.45) is 0 Å². The fraction of sp³-hybridized carbons (Fsp3) is 0.0833. The number of carboxylic acid groups (broad SMARTS) is 1. The van der Waals surface area contributed by atoms with Crippen molar-refractivity contribution in [3.05, 3.63) is 45.9 Å². The number of alkyl halides is 2. The normalized spacial score (nSPS) is 10.8. The second-order valence-corrected chi connectivity index (χ2v) is 4.67.